The Labute approximate surface area is 168 Å². The Balaban J connectivity index is 2.02. The highest BCUT2D eigenvalue weighted by Gasteiger charge is 2.31. The minimum absolute atomic E-state index is 0.0138. The van der Waals surface area contributed by atoms with Crippen molar-refractivity contribution in [2.45, 2.75) is 4.90 Å². The van der Waals surface area contributed by atoms with E-state index >= 15 is 0 Å². The Bertz CT molecular complexity index is 1000. The van der Waals surface area contributed by atoms with Crippen molar-refractivity contribution in [3.05, 3.63) is 42.0 Å². The van der Waals surface area contributed by atoms with E-state index in [2.05, 4.69) is 5.32 Å². The monoisotopic (exact) mass is 422 g/mol. The van der Waals surface area contributed by atoms with Gasteiger partial charge >= 0.3 is 0 Å². The van der Waals surface area contributed by atoms with Crippen molar-refractivity contribution in [2.24, 2.45) is 0 Å². The summed E-state index contributed by atoms with van der Waals surface area (Å²) in [6.07, 6.45) is 0. The molecule has 1 aliphatic rings. The molecule has 3 rings (SSSR count). The predicted octanol–water partition coefficient (Wildman–Crippen LogP) is 1.68. The van der Waals surface area contributed by atoms with Gasteiger partial charge in [0.25, 0.3) is 5.91 Å². The lowest BCUT2D eigenvalue weighted by Gasteiger charge is -2.27. The highest BCUT2D eigenvalue weighted by Crippen LogP contribution is 2.34. The molecule has 0 unspecified atom stereocenters. The Morgan fingerprint density at radius 2 is 1.79 bits per heavy atom. The molecule has 1 heterocycles. The first-order chi connectivity index (χ1) is 13.9. The summed E-state index contributed by atoms with van der Waals surface area (Å²) in [6, 6.07) is 8.62. The number of hydrogen-bond acceptors (Lipinski definition) is 7. The number of anilines is 1. The smallest absolute Gasteiger partial charge is 0.259 e. The maximum Gasteiger partial charge on any atom is 0.259 e. The average Bonchev–Trinajstić information content (AvgIpc) is 2.73. The molecule has 1 saturated heterocycles. The van der Waals surface area contributed by atoms with Crippen molar-refractivity contribution in [2.75, 3.05) is 45.8 Å². The number of methoxy groups -OCH3 is 2. The van der Waals surface area contributed by atoms with E-state index in [9.17, 15) is 18.3 Å². The van der Waals surface area contributed by atoms with Gasteiger partial charge in [0.2, 0.25) is 10.0 Å². The Morgan fingerprint density at radius 1 is 1.10 bits per heavy atom. The van der Waals surface area contributed by atoms with Gasteiger partial charge in [0, 0.05) is 30.9 Å². The molecular formula is C19H22N2O7S. The van der Waals surface area contributed by atoms with Crippen LogP contribution in [0.15, 0.2) is 41.3 Å². The second-order valence-electron chi connectivity index (χ2n) is 6.22. The summed E-state index contributed by atoms with van der Waals surface area (Å²) < 4.78 is 43.3. The molecule has 0 aromatic heterocycles. The number of benzene rings is 2. The summed E-state index contributed by atoms with van der Waals surface area (Å²) in [6.45, 7) is 1.01. The van der Waals surface area contributed by atoms with E-state index in [1.165, 1.54) is 42.8 Å². The third-order valence-electron chi connectivity index (χ3n) is 4.42. The summed E-state index contributed by atoms with van der Waals surface area (Å²) in [5.41, 5.74) is 0.369. The van der Waals surface area contributed by atoms with E-state index in [-0.39, 0.29) is 40.8 Å². The number of carbonyl (C=O) groups excluding carboxylic acids is 1. The molecule has 2 aromatic rings. The number of phenols is 1. The van der Waals surface area contributed by atoms with Gasteiger partial charge in [-0.15, -0.1) is 0 Å². The van der Waals surface area contributed by atoms with Gasteiger partial charge in [0.1, 0.15) is 22.1 Å². The van der Waals surface area contributed by atoms with E-state index in [0.717, 1.165) is 0 Å². The number of phenolic OH excluding ortho intramolecular Hbond substituents is 1. The molecular weight excluding hydrogens is 400 g/mol. The fourth-order valence-corrected chi connectivity index (χ4v) is 4.53. The van der Waals surface area contributed by atoms with E-state index < -0.39 is 15.9 Å². The normalized spacial score (nSPS) is 15.0. The molecule has 0 spiro atoms. The zero-order valence-electron chi connectivity index (χ0n) is 16.0. The first-order valence-corrected chi connectivity index (χ1v) is 10.2. The van der Waals surface area contributed by atoms with E-state index in [1.807, 2.05) is 0 Å². The summed E-state index contributed by atoms with van der Waals surface area (Å²) in [7, 11) is -1.19. The van der Waals surface area contributed by atoms with Crippen LogP contribution in [0.5, 0.6) is 17.2 Å². The lowest BCUT2D eigenvalue weighted by Crippen LogP contribution is -2.40. The molecule has 0 aliphatic carbocycles. The lowest BCUT2D eigenvalue weighted by molar-refractivity contribution is 0.0729. The number of ether oxygens (including phenoxy) is 3. The van der Waals surface area contributed by atoms with Gasteiger partial charge in [-0.05, 0) is 18.2 Å². The standard InChI is InChI=1S/C19H22N2O7S/c1-26-16-12-17(27-2)18(29(24,25)21-6-8-28-9-7-21)11-15(16)19(23)20-13-4-3-5-14(22)10-13/h3-5,10-12,22H,6-9H2,1-2H3,(H,20,23). The van der Waals surface area contributed by atoms with Gasteiger partial charge in [-0.3, -0.25) is 4.79 Å². The highest BCUT2D eigenvalue weighted by atomic mass is 32.2. The Kier molecular flexibility index (Phi) is 6.26. The quantitative estimate of drug-likeness (QED) is 0.728. The molecule has 0 bridgehead atoms. The van der Waals surface area contributed by atoms with Crippen molar-refractivity contribution < 1.29 is 32.5 Å². The predicted molar refractivity (Wildman–Crippen MR) is 105 cm³/mol. The fourth-order valence-electron chi connectivity index (χ4n) is 2.96. The zero-order valence-corrected chi connectivity index (χ0v) is 16.9. The first-order valence-electron chi connectivity index (χ1n) is 8.81. The van der Waals surface area contributed by atoms with E-state index in [4.69, 9.17) is 14.2 Å². The molecule has 0 atom stereocenters. The number of nitrogens with one attached hydrogen (secondary N) is 1. The second-order valence-corrected chi connectivity index (χ2v) is 8.13. The highest BCUT2D eigenvalue weighted by molar-refractivity contribution is 7.89. The Morgan fingerprint density at radius 3 is 2.41 bits per heavy atom. The van der Waals surface area contributed by atoms with Gasteiger partial charge in [0.05, 0.1) is 33.0 Å². The molecule has 2 aromatic carbocycles. The number of carbonyl (C=O) groups is 1. The average molecular weight is 422 g/mol. The molecule has 1 fully saturated rings. The van der Waals surface area contributed by atoms with Crippen LogP contribution in [-0.4, -0.2) is 64.3 Å². The number of morpholine rings is 1. The zero-order chi connectivity index (χ0) is 21.0. The first kappa shape index (κ1) is 20.9. The van der Waals surface area contributed by atoms with Crippen LogP contribution in [-0.2, 0) is 14.8 Å². The summed E-state index contributed by atoms with van der Waals surface area (Å²) in [5, 5.41) is 12.2. The van der Waals surface area contributed by atoms with Crippen molar-refractivity contribution in [1.82, 2.24) is 4.31 Å². The maximum atomic E-state index is 13.1. The van der Waals surface area contributed by atoms with Crippen molar-refractivity contribution >= 4 is 21.6 Å². The number of sulfonamides is 1. The number of hydrogen-bond donors (Lipinski definition) is 2. The molecule has 1 aliphatic heterocycles. The molecule has 9 nitrogen and oxygen atoms in total. The van der Waals surface area contributed by atoms with Crippen LogP contribution < -0.4 is 14.8 Å². The third kappa shape index (κ3) is 4.44. The number of nitrogens with zero attached hydrogens (tertiary/aromatic N) is 1. The van der Waals surface area contributed by atoms with Crippen molar-refractivity contribution in [3.8, 4) is 17.2 Å². The topological polar surface area (TPSA) is 114 Å². The second kappa shape index (κ2) is 8.68. The van der Waals surface area contributed by atoms with Gasteiger partial charge in [0.15, 0.2) is 0 Å². The molecule has 10 heteroatoms. The van der Waals surface area contributed by atoms with Crippen LogP contribution in [0, 0.1) is 0 Å². The maximum absolute atomic E-state index is 13.1. The van der Waals surface area contributed by atoms with Crippen LogP contribution in [0.1, 0.15) is 10.4 Å². The summed E-state index contributed by atoms with van der Waals surface area (Å²) in [5.74, 6) is -0.378. The molecule has 0 radical (unpaired) electrons. The van der Waals surface area contributed by atoms with Gasteiger partial charge in [-0.1, -0.05) is 6.07 Å². The van der Waals surface area contributed by atoms with Crippen LogP contribution in [0.3, 0.4) is 0 Å². The SMILES string of the molecule is COc1cc(OC)c(S(=O)(=O)N2CCOCC2)cc1C(=O)Nc1cccc(O)c1. The van der Waals surface area contributed by atoms with Crippen LogP contribution in [0.25, 0.3) is 0 Å². The van der Waals surface area contributed by atoms with Gasteiger partial charge in [-0.25, -0.2) is 8.42 Å². The molecule has 156 valence electrons. The minimum Gasteiger partial charge on any atom is -0.508 e. The van der Waals surface area contributed by atoms with Gasteiger partial charge in [-0.2, -0.15) is 4.31 Å². The number of rotatable bonds is 6. The molecule has 2 N–H and O–H groups in total. The molecule has 0 saturated carbocycles. The fraction of sp³-hybridized carbons (Fsp3) is 0.316. The van der Waals surface area contributed by atoms with Crippen LogP contribution in [0.4, 0.5) is 5.69 Å². The van der Waals surface area contributed by atoms with E-state index in [1.54, 1.807) is 12.1 Å². The number of amides is 1. The lowest BCUT2D eigenvalue weighted by atomic mass is 10.1. The van der Waals surface area contributed by atoms with Crippen LogP contribution >= 0.6 is 0 Å². The largest absolute Gasteiger partial charge is 0.508 e. The van der Waals surface area contributed by atoms with Crippen molar-refractivity contribution in [1.29, 1.82) is 0 Å². The third-order valence-corrected chi connectivity index (χ3v) is 6.34. The van der Waals surface area contributed by atoms with Gasteiger partial charge < -0.3 is 24.6 Å². The summed E-state index contributed by atoms with van der Waals surface area (Å²) in [4.78, 5) is 12.7. The van der Waals surface area contributed by atoms with Crippen molar-refractivity contribution in [3.63, 3.8) is 0 Å². The number of aromatic hydroxyl groups is 1. The minimum atomic E-state index is -3.91. The molecule has 29 heavy (non-hydrogen) atoms. The molecule has 1 amide bonds. The van der Waals surface area contributed by atoms with E-state index in [0.29, 0.717) is 18.9 Å². The van der Waals surface area contributed by atoms with Crippen LogP contribution in [0.2, 0.25) is 0 Å². The Hall–Kier alpha value is -2.82. The summed E-state index contributed by atoms with van der Waals surface area (Å²) >= 11 is 0.